The Balaban J connectivity index is 2.27. The molecule has 0 aromatic carbocycles. The molecule has 1 fully saturated rings. The maximum absolute atomic E-state index is 12.3. The first-order chi connectivity index (χ1) is 8.54. The largest absolute Gasteiger partial charge is 0.244 e. The van der Waals surface area contributed by atoms with Crippen molar-refractivity contribution in [3.63, 3.8) is 0 Å². The second-order valence-corrected chi connectivity index (χ2v) is 6.54. The van der Waals surface area contributed by atoms with Gasteiger partial charge in [-0.15, -0.1) is 0 Å². The molecular weight excluding hydrogens is 250 g/mol. The van der Waals surface area contributed by atoms with Crippen LogP contribution in [0.2, 0.25) is 0 Å². The molecule has 1 saturated heterocycles. The first kappa shape index (κ1) is 13.0. The van der Waals surface area contributed by atoms with Gasteiger partial charge in [-0.05, 0) is 30.9 Å². The van der Waals surface area contributed by atoms with Crippen molar-refractivity contribution in [1.29, 1.82) is 5.26 Å². The molecule has 1 aliphatic rings. The van der Waals surface area contributed by atoms with Crippen LogP contribution in [-0.2, 0) is 10.0 Å². The van der Waals surface area contributed by atoms with Gasteiger partial charge in [-0.3, -0.25) is 0 Å². The number of nitrogens with zero attached hydrogens (tertiary/aromatic N) is 3. The molecule has 0 spiro atoms. The summed E-state index contributed by atoms with van der Waals surface area (Å²) in [6.07, 6.45) is 3.22. The van der Waals surface area contributed by atoms with E-state index in [0.29, 0.717) is 19.0 Å². The molecule has 0 N–H and O–H groups in total. The van der Waals surface area contributed by atoms with Gasteiger partial charge in [-0.2, -0.15) is 9.57 Å². The Morgan fingerprint density at radius 1 is 1.50 bits per heavy atom. The zero-order valence-corrected chi connectivity index (χ0v) is 11.0. The highest BCUT2D eigenvalue weighted by molar-refractivity contribution is 7.89. The molecule has 96 valence electrons. The maximum Gasteiger partial charge on any atom is 0.244 e. The molecule has 2 rings (SSSR count). The summed E-state index contributed by atoms with van der Waals surface area (Å²) in [4.78, 5) is 3.97. The van der Waals surface area contributed by atoms with Crippen molar-refractivity contribution in [3.8, 4) is 6.07 Å². The van der Waals surface area contributed by atoms with E-state index in [1.54, 1.807) is 0 Å². The quantitative estimate of drug-likeness (QED) is 0.809. The number of nitriles is 1. The summed E-state index contributed by atoms with van der Waals surface area (Å²) < 4.78 is 26.2. The average Bonchev–Trinajstić information content (AvgIpc) is 2.39. The van der Waals surface area contributed by atoms with E-state index < -0.39 is 10.0 Å². The summed E-state index contributed by atoms with van der Waals surface area (Å²) in [5, 5.41) is 8.64. The molecule has 6 heteroatoms. The number of sulfonamides is 1. The molecule has 5 nitrogen and oxygen atoms in total. The Labute approximate surface area is 107 Å². The fourth-order valence-corrected chi connectivity index (χ4v) is 3.66. The number of piperidine rings is 1. The number of aromatic nitrogens is 1. The van der Waals surface area contributed by atoms with Crippen LogP contribution in [0.1, 0.15) is 25.5 Å². The fraction of sp³-hybridized carbons (Fsp3) is 0.500. The number of hydrogen-bond acceptors (Lipinski definition) is 4. The maximum atomic E-state index is 12.3. The Kier molecular flexibility index (Phi) is 3.64. The van der Waals surface area contributed by atoms with Crippen LogP contribution in [0, 0.1) is 17.2 Å². The van der Waals surface area contributed by atoms with Gasteiger partial charge in [0, 0.05) is 19.3 Å². The van der Waals surface area contributed by atoms with Crippen molar-refractivity contribution in [1.82, 2.24) is 9.29 Å². The minimum atomic E-state index is -3.46. The summed E-state index contributed by atoms with van der Waals surface area (Å²) in [6, 6.07) is 4.75. The molecule has 1 aromatic heterocycles. The molecule has 1 aliphatic heterocycles. The SMILES string of the molecule is CC1CCCN(S(=O)(=O)c2ccc(C#N)nc2)C1. The van der Waals surface area contributed by atoms with E-state index in [1.807, 2.05) is 6.07 Å². The lowest BCUT2D eigenvalue weighted by Crippen LogP contribution is -2.39. The van der Waals surface area contributed by atoms with Crippen LogP contribution in [0.15, 0.2) is 23.2 Å². The van der Waals surface area contributed by atoms with Gasteiger partial charge in [-0.1, -0.05) is 6.92 Å². The standard InChI is InChI=1S/C12H15N3O2S/c1-10-3-2-6-15(9-10)18(16,17)12-5-4-11(7-13)14-8-12/h4-5,8,10H,2-3,6,9H2,1H3. The molecule has 0 bridgehead atoms. The van der Waals surface area contributed by atoms with E-state index in [0.717, 1.165) is 12.8 Å². The van der Waals surface area contributed by atoms with Crippen molar-refractivity contribution in [2.24, 2.45) is 5.92 Å². The van der Waals surface area contributed by atoms with E-state index >= 15 is 0 Å². The summed E-state index contributed by atoms with van der Waals surface area (Å²) in [7, 11) is -3.46. The Morgan fingerprint density at radius 3 is 2.83 bits per heavy atom. The molecule has 0 radical (unpaired) electrons. The predicted octanol–water partition coefficient (Wildman–Crippen LogP) is 1.37. The van der Waals surface area contributed by atoms with Gasteiger partial charge in [0.2, 0.25) is 10.0 Å². The van der Waals surface area contributed by atoms with Crippen LogP contribution >= 0.6 is 0 Å². The smallest absolute Gasteiger partial charge is 0.244 e. The van der Waals surface area contributed by atoms with Gasteiger partial charge in [0.1, 0.15) is 16.7 Å². The first-order valence-corrected chi connectivity index (χ1v) is 7.34. The van der Waals surface area contributed by atoms with Gasteiger partial charge in [0.15, 0.2) is 0 Å². The Hall–Kier alpha value is -1.45. The second-order valence-electron chi connectivity index (χ2n) is 4.60. The lowest BCUT2D eigenvalue weighted by atomic mass is 10.0. The molecule has 1 aromatic rings. The summed E-state index contributed by atoms with van der Waals surface area (Å²) in [6.45, 7) is 3.17. The van der Waals surface area contributed by atoms with Crippen molar-refractivity contribution in [3.05, 3.63) is 24.0 Å². The van der Waals surface area contributed by atoms with Crippen molar-refractivity contribution in [2.75, 3.05) is 13.1 Å². The molecule has 0 saturated carbocycles. The molecule has 1 atom stereocenters. The molecule has 18 heavy (non-hydrogen) atoms. The lowest BCUT2D eigenvalue weighted by molar-refractivity contribution is 0.281. The van der Waals surface area contributed by atoms with E-state index in [9.17, 15) is 8.42 Å². The van der Waals surface area contributed by atoms with Crippen molar-refractivity contribution in [2.45, 2.75) is 24.7 Å². The van der Waals surface area contributed by atoms with E-state index in [-0.39, 0.29) is 10.6 Å². The van der Waals surface area contributed by atoms with Gasteiger partial charge in [0.05, 0.1) is 0 Å². The molecule has 0 aliphatic carbocycles. The Bertz CT molecular complexity index is 560. The van der Waals surface area contributed by atoms with Gasteiger partial charge < -0.3 is 0 Å². The minimum Gasteiger partial charge on any atom is -0.244 e. The highest BCUT2D eigenvalue weighted by Gasteiger charge is 2.28. The Morgan fingerprint density at radius 2 is 2.28 bits per heavy atom. The zero-order chi connectivity index (χ0) is 13.2. The van der Waals surface area contributed by atoms with Crippen molar-refractivity contribution >= 4 is 10.0 Å². The third-order valence-corrected chi connectivity index (χ3v) is 4.96. The summed E-state index contributed by atoms with van der Waals surface area (Å²) in [5.41, 5.74) is 0.223. The van der Waals surface area contributed by atoms with Crippen LogP contribution < -0.4 is 0 Å². The first-order valence-electron chi connectivity index (χ1n) is 5.90. The lowest BCUT2D eigenvalue weighted by Gasteiger charge is -2.29. The zero-order valence-electron chi connectivity index (χ0n) is 10.2. The monoisotopic (exact) mass is 265 g/mol. The van der Waals surface area contributed by atoms with Gasteiger partial charge >= 0.3 is 0 Å². The summed E-state index contributed by atoms with van der Waals surface area (Å²) >= 11 is 0. The highest BCUT2D eigenvalue weighted by Crippen LogP contribution is 2.22. The third-order valence-electron chi connectivity index (χ3n) is 3.11. The highest BCUT2D eigenvalue weighted by atomic mass is 32.2. The number of pyridine rings is 1. The average molecular weight is 265 g/mol. The van der Waals surface area contributed by atoms with Crippen LogP contribution in [0.4, 0.5) is 0 Å². The minimum absolute atomic E-state index is 0.163. The molecular formula is C12H15N3O2S. The van der Waals surface area contributed by atoms with Crippen LogP contribution in [0.25, 0.3) is 0 Å². The molecule has 1 unspecified atom stereocenters. The van der Waals surface area contributed by atoms with E-state index in [1.165, 1.54) is 22.6 Å². The second kappa shape index (κ2) is 5.04. The summed E-state index contributed by atoms with van der Waals surface area (Å²) in [5.74, 6) is 0.389. The van der Waals surface area contributed by atoms with E-state index in [2.05, 4.69) is 11.9 Å². The van der Waals surface area contributed by atoms with Crippen molar-refractivity contribution < 1.29 is 8.42 Å². The third kappa shape index (κ3) is 2.52. The normalized spacial score (nSPS) is 21.4. The fourth-order valence-electron chi connectivity index (χ4n) is 2.11. The molecule has 0 amide bonds. The van der Waals surface area contributed by atoms with Gasteiger partial charge in [0.25, 0.3) is 0 Å². The van der Waals surface area contributed by atoms with E-state index in [4.69, 9.17) is 5.26 Å². The number of hydrogen-bond donors (Lipinski definition) is 0. The van der Waals surface area contributed by atoms with Crippen LogP contribution in [0.5, 0.6) is 0 Å². The predicted molar refractivity (Wildman–Crippen MR) is 66.1 cm³/mol. The number of rotatable bonds is 2. The topological polar surface area (TPSA) is 74.1 Å². The van der Waals surface area contributed by atoms with Crippen LogP contribution in [0.3, 0.4) is 0 Å². The molecule has 2 heterocycles. The van der Waals surface area contributed by atoms with Gasteiger partial charge in [-0.25, -0.2) is 13.4 Å². The van der Waals surface area contributed by atoms with Crippen LogP contribution in [-0.4, -0.2) is 30.8 Å².